The van der Waals surface area contributed by atoms with E-state index in [0.29, 0.717) is 24.2 Å². The molecule has 0 aromatic heterocycles. The fraction of sp³-hybridized carbons (Fsp3) is 0.800. The van der Waals surface area contributed by atoms with Crippen molar-refractivity contribution in [1.29, 1.82) is 0 Å². The fourth-order valence-corrected chi connectivity index (χ4v) is 11.5. The number of rotatable bonds is 6. The number of carbonyl (C=O) groups excluding carboxylic acids is 2. The third-order valence-corrected chi connectivity index (χ3v) is 12.0. The summed E-state index contributed by atoms with van der Waals surface area (Å²) in [5.41, 5.74) is -0.358. The fourth-order valence-electron chi connectivity index (χ4n) is 9.08. The van der Waals surface area contributed by atoms with Crippen LogP contribution in [0.3, 0.4) is 0 Å². The van der Waals surface area contributed by atoms with Crippen molar-refractivity contribution in [2.45, 2.75) is 124 Å². The Kier molecular flexibility index (Phi) is 6.94. The SMILES string of the molecule is CC(=O)O[C@]1(C(C)=O)CC[C@H]2[C@@H]3C[C@@](C)(O[Si](C)(C)C)C4=CC(O[Si](C)(C)C)=CC[C@]4(C)[C@H]3CC[C@@]21C. The minimum absolute atomic E-state index is 0.00334. The van der Waals surface area contributed by atoms with Crippen LogP contribution in [0, 0.1) is 28.6 Å². The van der Waals surface area contributed by atoms with E-state index >= 15 is 0 Å². The van der Waals surface area contributed by atoms with Crippen molar-refractivity contribution in [3.05, 3.63) is 23.5 Å². The Labute approximate surface area is 227 Å². The van der Waals surface area contributed by atoms with E-state index < -0.39 is 22.2 Å². The highest BCUT2D eigenvalue weighted by Gasteiger charge is 2.69. The summed E-state index contributed by atoms with van der Waals surface area (Å²) in [6, 6.07) is 0. The molecule has 0 radical (unpaired) electrons. The number of hydrogen-bond acceptors (Lipinski definition) is 5. The summed E-state index contributed by atoms with van der Waals surface area (Å²) < 4.78 is 19.6. The second-order valence-corrected chi connectivity index (χ2v) is 23.9. The molecule has 0 aliphatic heterocycles. The molecular formula is C30H50O5Si2. The van der Waals surface area contributed by atoms with E-state index in [2.05, 4.69) is 72.2 Å². The number of esters is 1. The van der Waals surface area contributed by atoms with Gasteiger partial charge in [-0.15, -0.1) is 0 Å². The van der Waals surface area contributed by atoms with Crippen molar-refractivity contribution < 1.29 is 23.2 Å². The van der Waals surface area contributed by atoms with Gasteiger partial charge in [-0.3, -0.25) is 9.59 Å². The van der Waals surface area contributed by atoms with Crippen molar-refractivity contribution in [2.24, 2.45) is 28.6 Å². The average molecular weight is 547 g/mol. The molecule has 0 aromatic rings. The van der Waals surface area contributed by atoms with Gasteiger partial charge in [0.15, 0.2) is 19.7 Å². The number of ether oxygens (including phenoxy) is 1. The average Bonchev–Trinajstić information content (AvgIpc) is 3.00. The molecule has 4 aliphatic rings. The molecule has 0 spiro atoms. The molecule has 5 nitrogen and oxygen atoms in total. The highest BCUT2D eigenvalue weighted by Crippen LogP contribution is 2.70. The lowest BCUT2D eigenvalue weighted by Gasteiger charge is -2.63. The van der Waals surface area contributed by atoms with Crippen LogP contribution >= 0.6 is 0 Å². The molecule has 4 aliphatic carbocycles. The number of ketones is 1. The minimum Gasteiger partial charge on any atom is -0.545 e. The standard InChI is InChI=1S/C30H50O5Si2/c1-20(31)30(33-21(2)32)17-14-25-23-19-29(5,35-37(9,10)11)26-18-22(34-36(6,7)8)12-15-27(26,3)24(23)13-16-28(25,30)4/h12,18,23-25H,13-17,19H2,1-11H3/t23-,24+,25+,27-,28+,29-,30+/m1/s1. The van der Waals surface area contributed by atoms with Gasteiger partial charge in [0.1, 0.15) is 0 Å². The van der Waals surface area contributed by atoms with Crippen LogP contribution in [-0.2, 0) is 23.2 Å². The molecular weight excluding hydrogens is 496 g/mol. The molecule has 0 saturated heterocycles. The Morgan fingerprint density at radius 1 is 0.919 bits per heavy atom. The molecule has 0 N–H and O–H groups in total. The van der Waals surface area contributed by atoms with Crippen molar-refractivity contribution >= 4 is 28.4 Å². The first-order valence-corrected chi connectivity index (χ1v) is 21.1. The van der Waals surface area contributed by atoms with E-state index in [4.69, 9.17) is 13.6 Å². The second kappa shape index (κ2) is 8.92. The Hall–Kier alpha value is -1.19. The van der Waals surface area contributed by atoms with Gasteiger partial charge in [-0.25, -0.2) is 0 Å². The first kappa shape index (κ1) is 28.8. The van der Waals surface area contributed by atoms with Crippen molar-refractivity contribution in [1.82, 2.24) is 0 Å². The van der Waals surface area contributed by atoms with Crippen LogP contribution in [0.1, 0.15) is 73.1 Å². The zero-order valence-electron chi connectivity index (χ0n) is 25.2. The highest BCUT2D eigenvalue weighted by atomic mass is 28.4. The number of Topliss-reactive ketones (excluding diaryl/α,β-unsaturated/α-hetero) is 1. The lowest BCUT2D eigenvalue weighted by molar-refractivity contribution is -0.189. The predicted octanol–water partition coefficient (Wildman–Crippen LogP) is 7.41. The third-order valence-electron chi connectivity index (χ3n) is 10.0. The second-order valence-electron chi connectivity index (χ2n) is 15.0. The third kappa shape index (κ3) is 4.75. The number of fused-ring (bicyclic) bond motifs is 5. The Morgan fingerprint density at radius 3 is 2.08 bits per heavy atom. The quantitative estimate of drug-likeness (QED) is 0.256. The topological polar surface area (TPSA) is 61.8 Å². The van der Waals surface area contributed by atoms with E-state index in [1.54, 1.807) is 6.92 Å². The molecule has 7 atom stereocenters. The van der Waals surface area contributed by atoms with Gasteiger partial charge in [-0.1, -0.05) is 13.8 Å². The lowest BCUT2D eigenvalue weighted by Crippen LogP contribution is -2.62. The maximum absolute atomic E-state index is 13.2. The molecule has 3 saturated carbocycles. The lowest BCUT2D eigenvalue weighted by atomic mass is 9.44. The summed E-state index contributed by atoms with van der Waals surface area (Å²) >= 11 is 0. The van der Waals surface area contributed by atoms with E-state index in [1.807, 2.05) is 0 Å². The monoisotopic (exact) mass is 546 g/mol. The van der Waals surface area contributed by atoms with Gasteiger partial charge in [-0.05, 0) is 133 Å². The zero-order chi connectivity index (χ0) is 27.8. The zero-order valence-corrected chi connectivity index (χ0v) is 27.2. The molecule has 7 heteroatoms. The smallest absolute Gasteiger partial charge is 0.303 e. The van der Waals surface area contributed by atoms with Crippen molar-refractivity contribution in [2.75, 3.05) is 0 Å². The summed E-state index contributed by atoms with van der Waals surface area (Å²) in [6.07, 6.45) is 10.0. The Bertz CT molecular complexity index is 1040. The first-order valence-electron chi connectivity index (χ1n) is 14.3. The van der Waals surface area contributed by atoms with Crippen molar-refractivity contribution in [3.63, 3.8) is 0 Å². The predicted molar refractivity (Wildman–Crippen MR) is 153 cm³/mol. The summed E-state index contributed by atoms with van der Waals surface area (Å²) in [4.78, 5) is 25.4. The normalized spacial score (nSPS) is 41.5. The minimum atomic E-state index is -1.89. The van der Waals surface area contributed by atoms with E-state index in [-0.39, 0.29) is 28.2 Å². The van der Waals surface area contributed by atoms with E-state index in [0.717, 1.165) is 37.9 Å². The van der Waals surface area contributed by atoms with Crippen LogP contribution < -0.4 is 0 Å². The molecule has 3 fully saturated rings. The highest BCUT2D eigenvalue weighted by molar-refractivity contribution is 6.70. The summed E-state index contributed by atoms with van der Waals surface area (Å²) in [5.74, 6) is 1.90. The molecule has 0 aromatic carbocycles. The van der Waals surface area contributed by atoms with Crippen LogP contribution in [0.15, 0.2) is 23.5 Å². The van der Waals surface area contributed by atoms with Crippen LogP contribution in [0.2, 0.25) is 39.3 Å². The van der Waals surface area contributed by atoms with Gasteiger partial charge in [0.05, 0.1) is 11.4 Å². The van der Waals surface area contributed by atoms with Gasteiger partial charge < -0.3 is 13.6 Å². The molecule has 37 heavy (non-hydrogen) atoms. The van der Waals surface area contributed by atoms with Crippen molar-refractivity contribution in [3.8, 4) is 0 Å². The summed E-state index contributed by atoms with van der Waals surface area (Å²) in [5, 5.41) is 0. The van der Waals surface area contributed by atoms with Crippen LogP contribution in [0.4, 0.5) is 0 Å². The van der Waals surface area contributed by atoms with E-state index in [9.17, 15) is 9.59 Å². The Morgan fingerprint density at radius 2 is 1.54 bits per heavy atom. The number of hydrogen-bond donors (Lipinski definition) is 0. The van der Waals surface area contributed by atoms with Gasteiger partial charge >= 0.3 is 5.97 Å². The summed E-state index contributed by atoms with van der Waals surface area (Å²) in [7, 11) is -3.63. The number of allylic oxidation sites excluding steroid dienone is 2. The number of carbonyl (C=O) groups is 2. The largest absolute Gasteiger partial charge is 0.545 e. The van der Waals surface area contributed by atoms with Crippen LogP contribution in [0.25, 0.3) is 0 Å². The van der Waals surface area contributed by atoms with Gasteiger partial charge in [0, 0.05) is 12.3 Å². The Balaban J connectivity index is 1.79. The van der Waals surface area contributed by atoms with Crippen LogP contribution in [0.5, 0.6) is 0 Å². The van der Waals surface area contributed by atoms with Gasteiger partial charge in [0.2, 0.25) is 8.32 Å². The van der Waals surface area contributed by atoms with Gasteiger partial charge in [0.25, 0.3) is 0 Å². The molecule has 208 valence electrons. The molecule has 0 amide bonds. The molecule has 0 bridgehead atoms. The molecule has 0 heterocycles. The van der Waals surface area contributed by atoms with Gasteiger partial charge in [-0.2, -0.15) is 0 Å². The van der Waals surface area contributed by atoms with E-state index in [1.165, 1.54) is 12.5 Å². The first-order chi connectivity index (χ1) is 16.8. The maximum Gasteiger partial charge on any atom is 0.303 e. The molecule has 4 rings (SSSR count). The summed E-state index contributed by atoms with van der Waals surface area (Å²) in [6.45, 7) is 23.6. The molecule has 0 unspecified atom stereocenters. The van der Waals surface area contributed by atoms with Crippen LogP contribution in [-0.4, -0.2) is 39.6 Å². The maximum atomic E-state index is 13.2.